The molecule has 0 aromatic heterocycles. The molecule has 0 aromatic carbocycles. The molecule has 3 N–H and O–H groups in total. The third kappa shape index (κ3) is 3.71. The van der Waals surface area contributed by atoms with Crippen molar-refractivity contribution in [2.75, 3.05) is 7.11 Å². The Bertz CT molecular complexity index is 166. The van der Waals surface area contributed by atoms with E-state index in [1.165, 1.54) is 0 Å². The number of rotatable bonds is 5. The van der Waals surface area contributed by atoms with Crippen LogP contribution in [0.15, 0.2) is 0 Å². The van der Waals surface area contributed by atoms with Crippen molar-refractivity contribution in [1.29, 1.82) is 0 Å². The molecule has 0 aliphatic heterocycles. The molecule has 0 aliphatic rings. The van der Waals surface area contributed by atoms with Gasteiger partial charge in [0.25, 0.3) is 0 Å². The van der Waals surface area contributed by atoms with Gasteiger partial charge in [0.05, 0.1) is 7.11 Å². The van der Waals surface area contributed by atoms with Crippen molar-refractivity contribution < 1.29 is 24.9 Å². The zero-order chi connectivity index (χ0) is 10.5. The number of methoxy groups -OCH3 is 1. The zero-order valence-electron chi connectivity index (χ0n) is 7.86. The van der Waals surface area contributed by atoms with Crippen LogP contribution in [-0.2, 0) is 9.53 Å². The Balaban J connectivity index is 4.17. The number of aliphatic hydroxyl groups is 3. The maximum absolute atomic E-state index is 10.7. The van der Waals surface area contributed by atoms with Gasteiger partial charge in [-0.1, -0.05) is 13.3 Å². The van der Waals surface area contributed by atoms with Crippen molar-refractivity contribution in [2.24, 2.45) is 0 Å². The Hall–Kier alpha value is -0.650. The van der Waals surface area contributed by atoms with Gasteiger partial charge < -0.3 is 20.1 Å². The summed E-state index contributed by atoms with van der Waals surface area (Å²) in [5.41, 5.74) is 0. The third-order valence-corrected chi connectivity index (χ3v) is 1.76. The molecule has 13 heavy (non-hydrogen) atoms. The summed E-state index contributed by atoms with van der Waals surface area (Å²) >= 11 is 0. The predicted octanol–water partition coefficient (Wildman–Crippen LogP) is -0.609. The minimum Gasteiger partial charge on any atom is -0.467 e. The number of esters is 1. The molecule has 5 nitrogen and oxygen atoms in total. The zero-order valence-corrected chi connectivity index (χ0v) is 7.86. The van der Waals surface area contributed by atoms with Crippen LogP contribution in [-0.4, -0.2) is 40.3 Å². The van der Waals surface area contributed by atoms with Crippen molar-refractivity contribution >= 4 is 5.97 Å². The van der Waals surface area contributed by atoms with Gasteiger partial charge in [0.15, 0.2) is 0 Å². The lowest BCUT2D eigenvalue weighted by atomic mass is 10.0. The first-order valence-electron chi connectivity index (χ1n) is 4.16. The van der Waals surface area contributed by atoms with Crippen molar-refractivity contribution in [3.8, 4) is 0 Å². The molecule has 0 heterocycles. The summed E-state index contributed by atoms with van der Waals surface area (Å²) in [7, 11) is 1.07. The molecule has 0 rings (SSSR count). The number of carbonyl (C=O) groups excluding carboxylic acids is 1. The largest absolute Gasteiger partial charge is 0.467 e. The lowest BCUT2D eigenvalue weighted by Crippen LogP contribution is -2.47. The van der Waals surface area contributed by atoms with E-state index in [9.17, 15) is 15.0 Å². The SMILES string of the molecule is CCCCC(O)(O)C(O)C(=O)OC. The molecule has 0 fully saturated rings. The first-order valence-corrected chi connectivity index (χ1v) is 4.16. The third-order valence-electron chi connectivity index (χ3n) is 1.76. The highest BCUT2D eigenvalue weighted by atomic mass is 16.6. The summed E-state index contributed by atoms with van der Waals surface area (Å²) in [6.07, 6.45) is -0.693. The highest BCUT2D eigenvalue weighted by Gasteiger charge is 2.38. The monoisotopic (exact) mass is 192 g/mol. The number of hydrogen-bond acceptors (Lipinski definition) is 5. The number of aliphatic hydroxyl groups excluding tert-OH is 1. The van der Waals surface area contributed by atoms with E-state index in [-0.39, 0.29) is 6.42 Å². The predicted molar refractivity (Wildman–Crippen MR) is 44.7 cm³/mol. The second-order valence-electron chi connectivity index (χ2n) is 2.91. The molecule has 0 spiro atoms. The molecular formula is C8H16O5. The van der Waals surface area contributed by atoms with Gasteiger partial charge in [-0.05, 0) is 6.42 Å². The summed E-state index contributed by atoms with van der Waals surface area (Å²) in [6, 6.07) is 0. The van der Waals surface area contributed by atoms with Gasteiger partial charge in [-0.15, -0.1) is 0 Å². The van der Waals surface area contributed by atoms with Crippen LogP contribution in [0.4, 0.5) is 0 Å². The van der Waals surface area contributed by atoms with E-state index < -0.39 is 17.9 Å². The normalized spacial score (nSPS) is 13.9. The van der Waals surface area contributed by atoms with Crippen LogP contribution in [0, 0.1) is 0 Å². The Morgan fingerprint density at radius 3 is 2.46 bits per heavy atom. The van der Waals surface area contributed by atoms with Gasteiger partial charge in [-0.25, -0.2) is 4.79 Å². The molecular weight excluding hydrogens is 176 g/mol. The van der Waals surface area contributed by atoms with Crippen molar-refractivity contribution in [3.63, 3.8) is 0 Å². The molecule has 0 bridgehead atoms. The lowest BCUT2D eigenvalue weighted by molar-refractivity contribution is -0.234. The molecule has 0 amide bonds. The van der Waals surface area contributed by atoms with E-state index in [0.717, 1.165) is 13.5 Å². The summed E-state index contributed by atoms with van der Waals surface area (Å²) in [4.78, 5) is 10.7. The lowest BCUT2D eigenvalue weighted by Gasteiger charge is -2.25. The summed E-state index contributed by atoms with van der Waals surface area (Å²) in [6.45, 7) is 1.86. The van der Waals surface area contributed by atoms with E-state index in [4.69, 9.17) is 5.11 Å². The molecule has 0 aromatic rings. The quantitative estimate of drug-likeness (QED) is 0.399. The molecule has 1 atom stereocenters. The molecule has 0 saturated carbocycles. The van der Waals surface area contributed by atoms with Crippen LogP contribution in [0.25, 0.3) is 0 Å². The number of hydrogen-bond donors (Lipinski definition) is 3. The van der Waals surface area contributed by atoms with Crippen LogP contribution in [0.2, 0.25) is 0 Å². The standard InChI is InChI=1S/C8H16O5/c1-3-4-5-8(11,12)6(9)7(10)13-2/h6,9,11-12H,3-5H2,1-2H3. The van der Waals surface area contributed by atoms with Crippen LogP contribution in [0.1, 0.15) is 26.2 Å². The second-order valence-corrected chi connectivity index (χ2v) is 2.91. The maximum Gasteiger partial charge on any atom is 0.340 e. The van der Waals surface area contributed by atoms with Crippen LogP contribution in [0.5, 0.6) is 0 Å². The molecule has 5 heteroatoms. The average molecular weight is 192 g/mol. The first kappa shape index (κ1) is 12.3. The minimum atomic E-state index is -2.39. The van der Waals surface area contributed by atoms with Gasteiger partial charge in [-0.2, -0.15) is 0 Å². The average Bonchev–Trinajstić information content (AvgIpc) is 2.12. The summed E-state index contributed by atoms with van der Waals surface area (Å²) in [5.74, 6) is -3.43. The van der Waals surface area contributed by atoms with Gasteiger partial charge in [0.1, 0.15) is 0 Å². The smallest absolute Gasteiger partial charge is 0.340 e. The van der Waals surface area contributed by atoms with Gasteiger partial charge >= 0.3 is 5.97 Å². The molecule has 0 saturated heterocycles. The molecule has 1 unspecified atom stereocenters. The highest BCUT2D eigenvalue weighted by molar-refractivity contribution is 5.75. The fraction of sp³-hybridized carbons (Fsp3) is 0.875. The molecule has 0 radical (unpaired) electrons. The Morgan fingerprint density at radius 1 is 1.54 bits per heavy atom. The fourth-order valence-electron chi connectivity index (χ4n) is 0.874. The Labute approximate surface area is 77.0 Å². The van der Waals surface area contributed by atoms with E-state index in [0.29, 0.717) is 6.42 Å². The molecule has 0 aliphatic carbocycles. The van der Waals surface area contributed by atoms with Crippen LogP contribution in [0.3, 0.4) is 0 Å². The van der Waals surface area contributed by atoms with Crippen molar-refractivity contribution in [3.05, 3.63) is 0 Å². The van der Waals surface area contributed by atoms with Crippen molar-refractivity contribution in [2.45, 2.75) is 38.1 Å². The number of carbonyl (C=O) groups is 1. The van der Waals surface area contributed by atoms with Gasteiger partial charge in [-0.3, -0.25) is 0 Å². The fourth-order valence-corrected chi connectivity index (χ4v) is 0.874. The number of ether oxygens (including phenoxy) is 1. The molecule has 78 valence electrons. The second kappa shape index (κ2) is 5.16. The minimum absolute atomic E-state index is 0.0558. The van der Waals surface area contributed by atoms with E-state index in [2.05, 4.69) is 4.74 Å². The van der Waals surface area contributed by atoms with E-state index in [1.807, 2.05) is 6.92 Å². The Kier molecular flexibility index (Phi) is 4.90. The van der Waals surface area contributed by atoms with Crippen LogP contribution >= 0.6 is 0 Å². The van der Waals surface area contributed by atoms with E-state index >= 15 is 0 Å². The van der Waals surface area contributed by atoms with Gasteiger partial charge in [0, 0.05) is 6.42 Å². The van der Waals surface area contributed by atoms with Gasteiger partial charge in [0.2, 0.25) is 11.9 Å². The highest BCUT2D eigenvalue weighted by Crippen LogP contribution is 2.16. The maximum atomic E-state index is 10.7. The number of unbranched alkanes of at least 4 members (excludes halogenated alkanes) is 1. The van der Waals surface area contributed by atoms with Crippen molar-refractivity contribution in [1.82, 2.24) is 0 Å². The topological polar surface area (TPSA) is 87.0 Å². The summed E-state index contributed by atoms with van der Waals surface area (Å²) < 4.78 is 4.17. The van der Waals surface area contributed by atoms with Crippen LogP contribution < -0.4 is 0 Å². The summed E-state index contributed by atoms with van der Waals surface area (Å²) in [5, 5.41) is 27.5. The first-order chi connectivity index (χ1) is 5.95. The Morgan fingerprint density at radius 2 is 2.08 bits per heavy atom. The van der Waals surface area contributed by atoms with E-state index in [1.54, 1.807) is 0 Å².